The van der Waals surface area contributed by atoms with Crippen molar-refractivity contribution in [3.8, 4) is 6.07 Å². The molecule has 3 saturated carbocycles. The molecule has 0 saturated heterocycles. The molecule has 4 nitrogen and oxygen atoms in total. The number of hydrogen-bond donors (Lipinski definition) is 2. The summed E-state index contributed by atoms with van der Waals surface area (Å²) in [7, 11) is 0. The zero-order chi connectivity index (χ0) is 21.7. The lowest BCUT2D eigenvalue weighted by Gasteiger charge is -2.60. The third-order valence-electron chi connectivity index (χ3n) is 10.0. The quantitative estimate of drug-likeness (QED) is 0.610. The molecule has 1 heterocycles. The molecule has 4 aliphatic rings. The van der Waals surface area contributed by atoms with Crippen LogP contribution in [-0.2, 0) is 0 Å². The standard InChI is InChI=1S/C26H43N3O/c1-17(2)7-6-8-18(3)20-9-10-21-24(20,4)14-12-22-25(5)13-11-19(30)15-23(25)28-29-26(21,22)16-27/h17-22,29-30H,6-15H2,1-5H3/t18-,19+,20-,21-,22-,24-,25-,26+/m1/s1. The molecule has 4 heteroatoms. The van der Waals surface area contributed by atoms with Crippen molar-refractivity contribution in [3.63, 3.8) is 0 Å². The fourth-order valence-electron chi connectivity index (χ4n) is 8.32. The minimum absolute atomic E-state index is 0.0392. The number of hydrazone groups is 1. The zero-order valence-electron chi connectivity index (χ0n) is 19.9. The van der Waals surface area contributed by atoms with Crippen LogP contribution < -0.4 is 5.43 Å². The van der Waals surface area contributed by atoms with Crippen molar-refractivity contribution in [2.24, 2.45) is 45.5 Å². The first kappa shape index (κ1) is 22.1. The van der Waals surface area contributed by atoms with Gasteiger partial charge in [0.15, 0.2) is 0 Å². The van der Waals surface area contributed by atoms with E-state index in [0.717, 1.165) is 43.2 Å². The molecule has 0 aromatic heterocycles. The number of aliphatic hydroxyl groups is 1. The Bertz CT molecular complexity index is 726. The van der Waals surface area contributed by atoms with Crippen molar-refractivity contribution in [1.29, 1.82) is 5.26 Å². The van der Waals surface area contributed by atoms with Gasteiger partial charge in [-0.3, -0.25) is 5.43 Å². The summed E-state index contributed by atoms with van der Waals surface area (Å²) in [6.07, 6.45) is 10.9. The Balaban J connectivity index is 1.60. The highest BCUT2D eigenvalue weighted by atomic mass is 16.3. The predicted molar refractivity (Wildman–Crippen MR) is 122 cm³/mol. The van der Waals surface area contributed by atoms with Gasteiger partial charge in [-0.25, -0.2) is 0 Å². The van der Waals surface area contributed by atoms with Gasteiger partial charge in [0.2, 0.25) is 0 Å². The first-order valence-electron chi connectivity index (χ1n) is 12.6. The summed E-state index contributed by atoms with van der Waals surface area (Å²) in [4.78, 5) is 0. The molecule has 3 fully saturated rings. The maximum absolute atomic E-state index is 10.6. The second-order valence-electron chi connectivity index (χ2n) is 12.1. The third kappa shape index (κ3) is 3.22. The Kier molecular flexibility index (Phi) is 5.76. The highest BCUT2D eigenvalue weighted by Crippen LogP contribution is 2.66. The molecule has 0 aromatic rings. The van der Waals surface area contributed by atoms with Gasteiger partial charge in [-0.1, -0.05) is 53.9 Å². The highest BCUT2D eigenvalue weighted by molar-refractivity contribution is 5.92. The van der Waals surface area contributed by atoms with Gasteiger partial charge < -0.3 is 5.11 Å². The first-order valence-corrected chi connectivity index (χ1v) is 12.6. The van der Waals surface area contributed by atoms with E-state index in [1.54, 1.807) is 0 Å². The van der Waals surface area contributed by atoms with Gasteiger partial charge in [-0.2, -0.15) is 10.4 Å². The van der Waals surface area contributed by atoms with Crippen molar-refractivity contribution in [2.75, 3.05) is 0 Å². The summed E-state index contributed by atoms with van der Waals surface area (Å²) in [6, 6.07) is 2.82. The van der Waals surface area contributed by atoms with E-state index in [2.05, 4.69) is 46.1 Å². The topological polar surface area (TPSA) is 68.4 Å². The summed E-state index contributed by atoms with van der Waals surface area (Å²) < 4.78 is 0. The van der Waals surface area contributed by atoms with Crippen LogP contribution >= 0.6 is 0 Å². The molecule has 0 spiro atoms. The molecule has 168 valence electrons. The van der Waals surface area contributed by atoms with E-state index in [1.807, 2.05) is 0 Å². The van der Waals surface area contributed by atoms with Crippen molar-refractivity contribution in [3.05, 3.63) is 0 Å². The van der Waals surface area contributed by atoms with Crippen molar-refractivity contribution in [1.82, 2.24) is 5.43 Å². The maximum Gasteiger partial charge on any atom is 0.147 e. The Morgan fingerprint density at radius 2 is 1.87 bits per heavy atom. The fourth-order valence-corrected chi connectivity index (χ4v) is 8.32. The predicted octanol–water partition coefficient (Wildman–Crippen LogP) is 5.66. The number of hydrogen-bond acceptors (Lipinski definition) is 4. The Labute approximate surface area is 183 Å². The molecule has 30 heavy (non-hydrogen) atoms. The van der Waals surface area contributed by atoms with Gasteiger partial charge in [-0.15, -0.1) is 0 Å². The molecule has 2 N–H and O–H groups in total. The van der Waals surface area contributed by atoms with Gasteiger partial charge in [0, 0.05) is 29.4 Å². The Morgan fingerprint density at radius 1 is 1.10 bits per heavy atom. The van der Waals surface area contributed by atoms with Gasteiger partial charge in [0.05, 0.1) is 12.2 Å². The van der Waals surface area contributed by atoms with Gasteiger partial charge >= 0.3 is 0 Å². The van der Waals surface area contributed by atoms with Gasteiger partial charge in [0.1, 0.15) is 5.54 Å². The van der Waals surface area contributed by atoms with Gasteiger partial charge in [0.25, 0.3) is 0 Å². The first-order chi connectivity index (χ1) is 14.2. The highest BCUT2D eigenvalue weighted by Gasteiger charge is 2.67. The third-order valence-corrected chi connectivity index (χ3v) is 10.0. The molecule has 0 bridgehead atoms. The number of aliphatic hydroxyl groups excluding tert-OH is 1. The molecule has 0 unspecified atom stereocenters. The molecule has 0 amide bonds. The molecular formula is C26H43N3O. The Hall–Kier alpha value is -1.08. The summed E-state index contributed by atoms with van der Waals surface area (Å²) in [6.45, 7) is 11.9. The fraction of sp³-hybridized carbons (Fsp3) is 0.923. The van der Waals surface area contributed by atoms with Crippen molar-refractivity contribution in [2.45, 2.75) is 110 Å². The second kappa shape index (κ2) is 7.80. The molecule has 1 aliphatic heterocycles. The van der Waals surface area contributed by atoms with Crippen LogP contribution in [0.5, 0.6) is 0 Å². The van der Waals surface area contributed by atoms with Crippen LogP contribution in [0.15, 0.2) is 5.10 Å². The van der Waals surface area contributed by atoms with E-state index < -0.39 is 5.54 Å². The summed E-state index contributed by atoms with van der Waals surface area (Å²) in [5, 5.41) is 25.6. The molecule has 0 radical (unpaired) electrons. The van der Waals surface area contributed by atoms with E-state index in [4.69, 9.17) is 5.10 Å². The molecule has 4 rings (SSSR count). The smallest absolute Gasteiger partial charge is 0.147 e. The van der Waals surface area contributed by atoms with Crippen LogP contribution in [0.25, 0.3) is 0 Å². The Morgan fingerprint density at radius 3 is 2.57 bits per heavy atom. The summed E-state index contributed by atoms with van der Waals surface area (Å²) >= 11 is 0. The average Bonchev–Trinajstić information content (AvgIpc) is 3.06. The normalized spacial score (nSPS) is 46.1. The zero-order valence-corrected chi connectivity index (χ0v) is 19.9. The maximum atomic E-state index is 10.6. The van der Waals surface area contributed by atoms with Crippen LogP contribution in [0.1, 0.15) is 98.8 Å². The van der Waals surface area contributed by atoms with Crippen LogP contribution in [0.3, 0.4) is 0 Å². The lowest BCUT2D eigenvalue weighted by Crippen LogP contribution is -2.68. The van der Waals surface area contributed by atoms with E-state index in [-0.39, 0.29) is 16.9 Å². The molecular weight excluding hydrogens is 370 g/mol. The summed E-state index contributed by atoms with van der Waals surface area (Å²) in [5.74, 6) is 2.92. The number of nitriles is 1. The number of fused-ring (bicyclic) bond motifs is 5. The van der Waals surface area contributed by atoms with Crippen molar-refractivity contribution < 1.29 is 5.11 Å². The van der Waals surface area contributed by atoms with E-state index in [9.17, 15) is 10.4 Å². The number of nitrogens with one attached hydrogen (secondary N) is 1. The van der Waals surface area contributed by atoms with E-state index >= 15 is 0 Å². The number of rotatable bonds is 5. The second-order valence-corrected chi connectivity index (χ2v) is 12.1. The van der Waals surface area contributed by atoms with Crippen LogP contribution in [0, 0.1) is 51.8 Å². The van der Waals surface area contributed by atoms with Crippen LogP contribution in [0.2, 0.25) is 0 Å². The van der Waals surface area contributed by atoms with Crippen LogP contribution in [-0.4, -0.2) is 22.5 Å². The lowest BCUT2D eigenvalue weighted by molar-refractivity contribution is -0.0566. The SMILES string of the molecule is CC(C)CCC[C@@H](C)[C@H]1CC[C@@H]2[C@]1(C)CC[C@H]1[C@@]2(C#N)NN=C2C[C@@H](O)CC[C@@]21C. The molecule has 8 atom stereocenters. The van der Waals surface area contributed by atoms with E-state index in [0.29, 0.717) is 24.2 Å². The number of nitrogens with zero attached hydrogens (tertiary/aromatic N) is 2. The van der Waals surface area contributed by atoms with Crippen LogP contribution in [0.4, 0.5) is 0 Å². The monoisotopic (exact) mass is 413 g/mol. The van der Waals surface area contributed by atoms with Crippen molar-refractivity contribution >= 4 is 5.71 Å². The largest absolute Gasteiger partial charge is 0.393 e. The van der Waals surface area contributed by atoms with Gasteiger partial charge in [-0.05, 0) is 61.7 Å². The average molecular weight is 414 g/mol. The van der Waals surface area contributed by atoms with E-state index in [1.165, 1.54) is 32.1 Å². The minimum Gasteiger partial charge on any atom is -0.393 e. The summed E-state index contributed by atoms with van der Waals surface area (Å²) in [5.41, 5.74) is 4.22. The molecule has 0 aromatic carbocycles. The minimum atomic E-state index is -0.542. The lowest BCUT2D eigenvalue weighted by atomic mass is 9.46. The molecule has 3 aliphatic carbocycles.